The van der Waals surface area contributed by atoms with Gasteiger partial charge in [0.05, 0.1) is 12.2 Å². The molecule has 0 aliphatic carbocycles. The van der Waals surface area contributed by atoms with Gasteiger partial charge in [0.1, 0.15) is 0 Å². The molecule has 0 spiro atoms. The third-order valence-corrected chi connectivity index (χ3v) is 2.56. The average Bonchev–Trinajstić information content (AvgIpc) is 2.27. The van der Waals surface area contributed by atoms with Gasteiger partial charge in [-0.1, -0.05) is 36.4 Å². The molecule has 0 radical (unpaired) electrons. The van der Waals surface area contributed by atoms with Crippen molar-refractivity contribution in [2.24, 2.45) is 0 Å². The first-order valence-electron chi connectivity index (χ1n) is 5.73. The van der Waals surface area contributed by atoms with Crippen LogP contribution in [0.5, 0.6) is 0 Å². The summed E-state index contributed by atoms with van der Waals surface area (Å²) in [5, 5.41) is 19.4. The summed E-state index contributed by atoms with van der Waals surface area (Å²) in [6, 6.07) is 9.83. The summed E-state index contributed by atoms with van der Waals surface area (Å²) >= 11 is 0. The maximum Gasteiger partial charge on any atom is 0.0605 e. The minimum absolute atomic E-state index is 0.433. The molecule has 0 unspecified atom stereocenters. The zero-order valence-electron chi connectivity index (χ0n) is 9.55. The van der Waals surface area contributed by atoms with Gasteiger partial charge in [-0.2, -0.15) is 0 Å². The molecule has 1 aromatic rings. The van der Waals surface area contributed by atoms with Crippen molar-refractivity contribution in [3.63, 3.8) is 0 Å². The minimum Gasteiger partial charge on any atom is -0.393 e. The Bertz CT molecular complexity index is 295. The van der Waals surface area contributed by atoms with E-state index in [1.807, 2.05) is 30.3 Å². The van der Waals surface area contributed by atoms with Crippen LogP contribution < -0.4 is 0 Å². The van der Waals surface area contributed by atoms with Crippen molar-refractivity contribution in [1.29, 1.82) is 0 Å². The first kappa shape index (κ1) is 12.9. The van der Waals surface area contributed by atoms with Gasteiger partial charge in [0.2, 0.25) is 0 Å². The zero-order valence-corrected chi connectivity index (χ0v) is 9.55. The van der Waals surface area contributed by atoms with Crippen LogP contribution in [0.2, 0.25) is 0 Å². The van der Waals surface area contributed by atoms with Gasteiger partial charge in [-0.15, -0.1) is 6.58 Å². The molecule has 16 heavy (non-hydrogen) atoms. The Balaban J connectivity index is 2.30. The molecule has 1 rings (SSSR count). The summed E-state index contributed by atoms with van der Waals surface area (Å²) in [5.74, 6) is 0. The Morgan fingerprint density at radius 2 is 1.81 bits per heavy atom. The van der Waals surface area contributed by atoms with E-state index < -0.39 is 12.2 Å². The molecule has 2 atom stereocenters. The fourth-order valence-corrected chi connectivity index (χ4v) is 1.71. The summed E-state index contributed by atoms with van der Waals surface area (Å²) in [6.07, 6.45) is 3.38. The molecule has 0 aliphatic rings. The van der Waals surface area contributed by atoms with Gasteiger partial charge in [0, 0.05) is 0 Å². The van der Waals surface area contributed by atoms with Gasteiger partial charge in [-0.05, 0) is 31.2 Å². The van der Waals surface area contributed by atoms with Gasteiger partial charge in [-0.25, -0.2) is 0 Å². The lowest BCUT2D eigenvalue weighted by molar-refractivity contribution is 0.0765. The van der Waals surface area contributed by atoms with Crippen molar-refractivity contribution in [1.82, 2.24) is 0 Å². The van der Waals surface area contributed by atoms with Crippen molar-refractivity contribution in [2.45, 2.75) is 37.9 Å². The number of benzene rings is 1. The zero-order chi connectivity index (χ0) is 11.8. The summed E-state index contributed by atoms with van der Waals surface area (Å²) in [6.45, 7) is 3.61. The van der Waals surface area contributed by atoms with E-state index in [1.54, 1.807) is 6.08 Å². The maximum atomic E-state index is 9.79. The van der Waals surface area contributed by atoms with E-state index in [9.17, 15) is 10.2 Å². The number of hydrogen-bond acceptors (Lipinski definition) is 2. The second-order valence-electron chi connectivity index (χ2n) is 4.10. The number of aliphatic hydroxyl groups is 2. The molecular weight excluding hydrogens is 200 g/mol. The standard InChI is InChI=1S/C14H20O2/c1-2-3-9-13(15)11-14(16)10-12-7-5-4-6-8-12/h2,4-8,13-16H,1,3,9-11H2/t13-,14+/m1/s1. The third kappa shape index (κ3) is 5.10. The molecule has 0 bridgehead atoms. The Labute approximate surface area is 97.2 Å². The van der Waals surface area contributed by atoms with E-state index in [-0.39, 0.29) is 0 Å². The van der Waals surface area contributed by atoms with Crippen molar-refractivity contribution < 1.29 is 10.2 Å². The fraction of sp³-hybridized carbons (Fsp3) is 0.429. The third-order valence-electron chi connectivity index (χ3n) is 2.56. The molecule has 0 saturated carbocycles. The molecule has 1 aromatic carbocycles. The van der Waals surface area contributed by atoms with Crippen LogP contribution >= 0.6 is 0 Å². The quantitative estimate of drug-likeness (QED) is 0.692. The van der Waals surface area contributed by atoms with Crippen LogP contribution in [0.15, 0.2) is 43.0 Å². The van der Waals surface area contributed by atoms with E-state index in [1.165, 1.54) is 0 Å². The molecule has 0 fully saturated rings. The van der Waals surface area contributed by atoms with E-state index in [0.29, 0.717) is 19.3 Å². The number of hydrogen-bond donors (Lipinski definition) is 2. The minimum atomic E-state index is -0.470. The van der Waals surface area contributed by atoms with Crippen LogP contribution in [-0.2, 0) is 6.42 Å². The van der Waals surface area contributed by atoms with Gasteiger partial charge in [-0.3, -0.25) is 0 Å². The topological polar surface area (TPSA) is 40.5 Å². The second-order valence-corrected chi connectivity index (χ2v) is 4.10. The second kappa shape index (κ2) is 7.20. The Kier molecular flexibility index (Phi) is 5.83. The molecular formula is C14H20O2. The monoisotopic (exact) mass is 220 g/mol. The lowest BCUT2D eigenvalue weighted by Gasteiger charge is -2.15. The molecule has 88 valence electrons. The fourth-order valence-electron chi connectivity index (χ4n) is 1.71. The first-order chi connectivity index (χ1) is 7.72. The smallest absolute Gasteiger partial charge is 0.0605 e. The predicted molar refractivity (Wildman–Crippen MR) is 66.2 cm³/mol. The van der Waals surface area contributed by atoms with Crippen LogP contribution in [0, 0.1) is 0 Å². The van der Waals surface area contributed by atoms with Crippen molar-refractivity contribution in [3.05, 3.63) is 48.6 Å². The highest BCUT2D eigenvalue weighted by atomic mass is 16.3. The van der Waals surface area contributed by atoms with Gasteiger partial charge < -0.3 is 10.2 Å². The lowest BCUT2D eigenvalue weighted by atomic mass is 10.0. The van der Waals surface area contributed by atoms with Crippen LogP contribution in [0.25, 0.3) is 0 Å². The Hall–Kier alpha value is -1.12. The molecule has 0 saturated heterocycles. The molecule has 2 nitrogen and oxygen atoms in total. The maximum absolute atomic E-state index is 9.79. The number of allylic oxidation sites excluding steroid dienone is 1. The predicted octanol–water partition coefficient (Wildman–Crippen LogP) is 2.31. The van der Waals surface area contributed by atoms with E-state index in [2.05, 4.69) is 6.58 Å². The number of rotatable bonds is 7. The van der Waals surface area contributed by atoms with Crippen LogP contribution in [-0.4, -0.2) is 22.4 Å². The van der Waals surface area contributed by atoms with Crippen molar-refractivity contribution >= 4 is 0 Å². The van der Waals surface area contributed by atoms with E-state index >= 15 is 0 Å². The van der Waals surface area contributed by atoms with E-state index in [4.69, 9.17) is 0 Å². The number of aliphatic hydroxyl groups excluding tert-OH is 2. The highest BCUT2D eigenvalue weighted by Crippen LogP contribution is 2.10. The van der Waals surface area contributed by atoms with Gasteiger partial charge >= 0.3 is 0 Å². The largest absolute Gasteiger partial charge is 0.393 e. The summed E-state index contributed by atoms with van der Waals surface area (Å²) in [5.41, 5.74) is 1.10. The molecule has 0 heterocycles. The lowest BCUT2D eigenvalue weighted by Crippen LogP contribution is -2.19. The van der Waals surface area contributed by atoms with Gasteiger partial charge in [0.25, 0.3) is 0 Å². The Morgan fingerprint density at radius 3 is 2.44 bits per heavy atom. The summed E-state index contributed by atoms with van der Waals surface area (Å²) in [4.78, 5) is 0. The molecule has 2 heteroatoms. The normalized spacial score (nSPS) is 14.4. The van der Waals surface area contributed by atoms with Crippen molar-refractivity contribution in [3.8, 4) is 0 Å². The Morgan fingerprint density at radius 1 is 1.12 bits per heavy atom. The van der Waals surface area contributed by atoms with Gasteiger partial charge in [0.15, 0.2) is 0 Å². The summed E-state index contributed by atoms with van der Waals surface area (Å²) in [7, 11) is 0. The first-order valence-corrected chi connectivity index (χ1v) is 5.73. The highest BCUT2D eigenvalue weighted by molar-refractivity contribution is 5.15. The molecule has 2 N–H and O–H groups in total. The molecule has 0 amide bonds. The average molecular weight is 220 g/mol. The molecule has 0 aromatic heterocycles. The van der Waals surface area contributed by atoms with Crippen LogP contribution in [0.1, 0.15) is 24.8 Å². The van der Waals surface area contributed by atoms with E-state index in [0.717, 1.165) is 12.0 Å². The highest BCUT2D eigenvalue weighted by Gasteiger charge is 2.11. The summed E-state index contributed by atoms with van der Waals surface area (Å²) < 4.78 is 0. The van der Waals surface area contributed by atoms with Crippen molar-refractivity contribution in [2.75, 3.05) is 0 Å². The van der Waals surface area contributed by atoms with Crippen LogP contribution in [0.3, 0.4) is 0 Å². The molecule has 0 aliphatic heterocycles. The van der Waals surface area contributed by atoms with Crippen LogP contribution in [0.4, 0.5) is 0 Å². The SMILES string of the molecule is C=CCC[C@@H](O)C[C@@H](O)Cc1ccccc1.